The summed E-state index contributed by atoms with van der Waals surface area (Å²) in [5, 5.41) is 3.40. The van der Waals surface area contributed by atoms with Gasteiger partial charge in [-0.2, -0.15) is 0 Å². The number of benzene rings is 2. The van der Waals surface area contributed by atoms with E-state index in [0.717, 1.165) is 39.0 Å². The van der Waals surface area contributed by atoms with Gasteiger partial charge < -0.3 is 10.2 Å². The van der Waals surface area contributed by atoms with E-state index in [2.05, 4.69) is 64.8 Å². The van der Waals surface area contributed by atoms with Crippen molar-refractivity contribution in [1.82, 2.24) is 5.32 Å². The van der Waals surface area contributed by atoms with Crippen LogP contribution in [0.3, 0.4) is 0 Å². The number of anilines is 1. The van der Waals surface area contributed by atoms with Crippen molar-refractivity contribution < 1.29 is 0 Å². The van der Waals surface area contributed by atoms with E-state index in [9.17, 15) is 0 Å². The molecule has 0 aromatic heterocycles. The minimum Gasteiger partial charge on any atom is -0.369 e. The molecule has 2 nitrogen and oxygen atoms in total. The standard InChI is InChI=1S/C18H22N2/c1-2-5-16(6-3-1)9-10-17-7-4-8-18(15-17)20-13-11-19-12-14-20/h1-8,15,19H,9-14H2. The number of hydrogen-bond donors (Lipinski definition) is 1. The van der Waals surface area contributed by atoms with Crippen LogP contribution in [0.2, 0.25) is 0 Å². The largest absolute Gasteiger partial charge is 0.369 e. The van der Waals surface area contributed by atoms with Crippen LogP contribution >= 0.6 is 0 Å². The first-order chi connectivity index (χ1) is 9.92. The number of piperazine rings is 1. The maximum atomic E-state index is 3.40. The molecule has 0 saturated carbocycles. The fourth-order valence-corrected chi connectivity index (χ4v) is 2.77. The number of hydrogen-bond acceptors (Lipinski definition) is 2. The molecule has 1 N–H and O–H groups in total. The van der Waals surface area contributed by atoms with Crippen LogP contribution in [0.5, 0.6) is 0 Å². The number of aryl methyl sites for hydroxylation is 2. The summed E-state index contributed by atoms with van der Waals surface area (Å²) in [5.41, 5.74) is 4.22. The molecular weight excluding hydrogens is 244 g/mol. The van der Waals surface area contributed by atoms with Crippen LogP contribution in [0.1, 0.15) is 11.1 Å². The van der Waals surface area contributed by atoms with Gasteiger partial charge in [-0.25, -0.2) is 0 Å². The van der Waals surface area contributed by atoms with Gasteiger partial charge in [0.15, 0.2) is 0 Å². The average molecular weight is 266 g/mol. The van der Waals surface area contributed by atoms with Crippen molar-refractivity contribution in [3.63, 3.8) is 0 Å². The van der Waals surface area contributed by atoms with Crippen molar-refractivity contribution in [2.24, 2.45) is 0 Å². The molecule has 2 aromatic rings. The summed E-state index contributed by atoms with van der Waals surface area (Å²) in [6.45, 7) is 4.41. The lowest BCUT2D eigenvalue weighted by Gasteiger charge is -2.29. The van der Waals surface area contributed by atoms with Crippen molar-refractivity contribution in [2.45, 2.75) is 12.8 Å². The molecule has 0 spiro atoms. The van der Waals surface area contributed by atoms with Gasteiger partial charge in [0, 0.05) is 31.9 Å². The first kappa shape index (κ1) is 13.2. The second-order valence-corrected chi connectivity index (χ2v) is 5.39. The summed E-state index contributed by atoms with van der Waals surface area (Å²) in [7, 11) is 0. The van der Waals surface area contributed by atoms with E-state index in [1.54, 1.807) is 0 Å². The fourth-order valence-electron chi connectivity index (χ4n) is 2.77. The fraction of sp³-hybridized carbons (Fsp3) is 0.333. The van der Waals surface area contributed by atoms with Crippen LogP contribution < -0.4 is 10.2 Å². The molecule has 0 atom stereocenters. The van der Waals surface area contributed by atoms with Gasteiger partial charge in [-0.05, 0) is 36.1 Å². The molecule has 1 fully saturated rings. The predicted octanol–water partition coefficient (Wildman–Crippen LogP) is 2.88. The lowest BCUT2D eigenvalue weighted by atomic mass is 10.0. The second kappa shape index (κ2) is 6.58. The van der Waals surface area contributed by atoms with E-state index in [4.69, 9.17) is 0 Å². The number of rotatable bonds is 4. The molecule has 0 unspecified atom stereocenters. The molecule has 1 aliphatic rings. The van der Waals surface area contributed by atoms with Crippen LogP contribution in [0.15, 0.2) is 54.6 Å². The SMILES string of the molecule is c1ccc(CCc2cccc(N3CCNCC3)c2)cc1. The van der Waals surface area contributed by atoms with E-state index >= 15 is 0 Å². The maximum absolute atomic E-state index is 3.40. The van der Waals surface area contributed by atoms with Gasteiger partial charge in [0.05, 0.1) is 0 Å². The molecule has 0 radical (unpaired) electrons. The number of nitrogens with one attached hydrogen (secondary N) is 1. The highest BCUT2D eigenvalue weighted by molar-refractivity contribution is 5.49. The highest BCUT2D eigenvalue weighted by atomic mass is 15.2. The summed E-state index contributed by atoms with van der Waals surface area (Å²) in [6, 6.07) is 19.8. The Kier molecular flexibility index (Phi) is 4.34. The van der Waals surface area contributed by atoms with Gasteiger partial charge in [-0.3, -0.25) is 0 Å². The third-order valence-corrected chi connectivity index (χ3v) is 3.94. The van der Waals surface area contributed by atoms with Gasteiger partial charge in [0.25, 0.3) is 0 Å². The first-order valence-electron chi connectivity index (χ1n) is 7.50. The molecule has 1 heterocycles. The Hall–Kier alpha value is -1.80. The lowest BCUT2D eigenvalue weighted by Crippen LogP contribution is -2.43. The topological polar surface area (TPSA) is 15.3 Å². The van der Waals surface area contributed by atoms with Crippen molar-refractivity contribution >= 4 is 5.69 Å². The summed E-state index contributed by atoms with van der Waals surface area (Å²) < 4.78 is 0. The van der Waals surface area contributed by atoms with Crippen LogP contribution in [-0.4, -0.2) is 26.2 Å². The molecule has 0 bridgehead atoms. The summed E-state index contributed by atoms with van der Waals surface area (Å²) in [4.78, 5) is 2.47. The Morgan fingerprint density at radius 3 is 2.30 bits per heavy atom. The molecule has 2 heteroatoms. The minimum absolute atomic E-state index is 1.09. The average Bonchev–Trinajstić information content (AvgIpc) is 2.55. The molecule has 1 aliphatic heterocycles. The van der Waals surface area contributed by atoms with E-state index < -0.39 is 0 Å². The Morgan fingerprint density at radius 2 is 1.50 bits per heavy atom. The van der Waals surface area contributed by atoms with E-state index in [0.29, 0.717) is 0 Å². The van der Waals surface area contributed by atoms with Gasteiger partial charge in [0.1, 0.15) is 0 Å². The van der Waals surface area contributed by atoms with Crippen molar-refractivity contribution in [3.8, 4) is 0 Å². The predicted molar refractivity (Wildman–Crippen MR) is 85.4 cm³/mol. The molecule has 3 rings (SSSR count). The zero-order valence-electron chi connectivity index (χ0n) is 11.9. The Labute approximate surface area is 121 Å². The first-order valence-corrected chi connectivity index (χ1v) is 7.50. The van der Waals surface area contributed by atoms with Crippen molar-refractivity contribution in [2.75, 3.05) is 31.1 Å². The quantitative estimate of drug-likeness (QED) is 0.915. The van der Waals surface area contributed by atoms with Gasteiger partial charge in [-0.1, -0.05) is 42.5 Å². The summed E-state index contributed by atoms with van der Waals surface area (Å²) >= 11 is 0. The zero-order chi connectivity index (χ0) is 13.6. The second-order valence-electron chi connectivity index (χ2n) is 5.39. The number of nitrogens with zero attached hydrogens (tertiary/aromatic N) is 1. The third kappa shape index (κ3) is 3.40. The third-order valence-electron chi connectivity index (χ3n) is 3.94. The molecule has 2 aromatic carbocycles. The van der Waals surface area contributed by atoms with Gasteiger partial charge >= 0.3 is 0 Å². The highest BCUT2D eigenvalue weighted by Crippen LogP contribution is 2.18. The summed E-state index contributed by atoms with van der Waals surface area (Å²) in [6.07, 6.45) is 2.23. The van der Waals surface area contributed by atoms with Crippen molar-refractivity contribution in [1.29, 1.82) is 0 Å². The normalized spacial score (nSPS) is 15.3. The van der Waals surface area contributed by atoms with Crippen LogP contribution in [-0.2, 0) is 12.8 Å². The van der Waals surface area contributed by atoms with Crippen LogP contribution in [0.4, 0.5) is 5.69 Å². The van der Waals surface area contributed by atoms with Crippen LogP contribution in [0.25, 0.3) is 0 Å². The van der Waals surface area contributed by atoms with Crippen LogP contribution in [0, 0.1) is 0 Å². The zero-order valence-corrected chi connectivity index (χ0v) is 11.9. The highest BCUT2D eigenvalue weighted by Gasteiger charge is 2.10. The summed E-state index contributed by atoms with van der Waals surface area (Å²) in [5.74, 6) is 0. The molecule has 0 aliphatic carbocycles. The molecule has 104 valence electrons. The molecular formula is C18H22N2. The Bertz CT molecular complexity index is 530. The lowest BCUT2D eigenvalue weighted by molar-refractivity contribution is 0.589. The molecule has 0 amide bonds. The monoisotopic (exact) mass is 266 g/mol. The Balaban J connectivity index is 1.65. The minimum atomic E-state index is 1.09. The van der Waals surface area contributed by atoms with E-state index in [1.165, 1.54) is 16.8 Å². The maximum Gasteiger partial charge on any atom is 0.0369 e. The van der Waals surface area contributed by atoms with E-state index in [1.807, 2.05) is 0 Å². The molecule has 20 heavy (non-hydrogen) atoms. The van der Waals surface area contributed by atoms with Gasteiger partial charge in [-0.15, -0.1) is 0 Å². The smallest absolute Gasteiger partial charge is 0.0369 e. The van der Waals surface area contributed by atoms with Gasteiger partial charge in [0.2, 0.25) is 0 Å². The van der Waals surface area contributed by atoms with E-state index in [-0.39, 0.29) is 0 Å². The van der Waals surface area contributed by atoms with Crippen molar-refractivity contribution in [3.05, 3.63) is 65.7 Å². The molecule has 1 saturated heterocycles. The Morgan fingerprint density at radius 1 is 0.800 bits per heavy atom.